The molecule has 0 aliphatic heterocycles. The third-order valence-electron chi connectivity index (χ3n) is 3.05. The summed E-state index contributed by atoms with van der Waals surface area (Å²) >= 11 is 1.50. The quantitative estimate of drug-likeness (QED) is 0.877. The number of rotatable bonds is 5. The Morgan fingerprint density at radius 1 is 1.24 bits per heavy atom. The van der Waals surface area contributed by atoms with Crippen LogP contribution in [0.3, 0.4) is 0 Å². The molecule has 1 aromatic heterocycles. The summed E-state index contributed by atoms with van der Waals surface area (Å²) in [6, 6.07) is 6.33. The Balaban J connectivity index is 1.89. The fourth-order valence-electron chi connectivity index (χ4n) is 1.85. The van der Waals surface area contributed by atoms with E-state index in [2.05, 4.69) is 5.32 Å². The Hall–Kier alpha value is -1.70. The first-order valence-electron chi connectivity index (χ1n) is 6.30. The van der Waals surface area contributed by atoms with Crippen LogP contribution in [0.15, 0.2) is 39.9 Å². The third kappa shape index (κ3) is 4.13. The van der Waals surface area contributed by atoms with E-state index in [1.54, 1.807) is 12.1 Å². The molecule has 0 radical (unpaired) electrons. The number of amides is 1. The predicted octanol–water partition coefficient (Wildman–Crippen LogP) is 1.68. The van der Waals surface area contributed by atoms with E-state index in [-0.39, 0.29) is 10.8 Å². The summed E-state index contributed by atoms with van der Waals surface area (Å²) in [4.78, 5) is 12.0. The van der Waals surface area contributed by atoms with Crippen LogP contribution in [0.25, 0.3) is 0 Å². The summed E-state index contributed by atoms with van der Waals surface area (Å²) in [6.45, 7) is 2.39. The molecule has 112 valence electrons. The minimum Gasteiger partial charge on any atom is -0.352 e. The highest BCUT2D eigenvalue weighted by Gasteiger charge is 2.09. The monoisotopic (exact) mass is 324 g/mol. The normalized spacial score (nSPS) is 11.3. The average Bonchev–Trinajstić information content (AvgIpc) is 2.84. The van der Waals surface area contributed by atoms with E-state index >= 15 is 0 Å². The van der Waals surface area contributed by atoms with Crippen molar-refractivity contribution in [3.8, 4) is 0 Å². The van der Waals surface area contributed by atoms with Crippen LogP contribution in [-0.4, -0.2) is 20.9 Å². The standard InChI is InChI=1S/C14H16N2O3S2/c1-10-8-20-9-13(10)14(17)16-7-6-11-2-4-12(5-3-11)21(15,18)19/h2-5,8-9H,6-7H2,1H3,(H,16,17)(H2,15,18,19). The van der Waals surface area contributed by atoms with Gasteiger partial charge in [0.15, 0.2) is 0 Å². The summed E-state index contributed by atoms with van der Waals surface area (Å²) in [7, 11) is -3.66. The second-order valence-corrected chi connectivity index (χ2v) is 6.97. The van der Waals surface area contributed by atoms with E-state index in [4.69, 9.17) is 5.14 Å². The lowest BCUT2D eigenvalue weighted by atomic mass is 10.1. The number of benzene rings is 1. The molecular weight excluding hydrogens is 308 g/mol. The van der Waals surface area contributed by atoms with Crippen molar-refractivity contribution in [2.45, 2.75) is 18.2 Å². The first-order chi connectivity index (χ1) is 9.88. The van der Waals surface area contributed by atoms with Gasteiger partial charge in [0, 0.05) is 11.9 Å². The minimum atomic E-state index is -3.66. The van der Waals surface area contributed by atoms with Crippen LogP contribution in [-0.2, 0) is 16.4 Å². The van der Waals surface area contributed by atoms with E-state index in [1.807, 2.05) is 17.7 Å². The van der Waals surface area contributed by atoms with Crippen LogP contribution in [0.5, 0.6) is 0 Å². The van der Waals surface area contributed by atoms with Gasteiger partial charge in [-0.3, -0.25) is 4.79 Å². The highest BCUT2D eigenvalue weighted by atomic mass is 32.2. The Kier molecular flexibility index (Phi) is 4.76. The zero-order valence-electron chi connectivity index (χ0n) is 11.5. The Labute approximate surface area is 127 Å². The van der Waals surface area contributed by atoms with Crippen molar-refractivity contribution in [1.29, 1.82) is 0 Å². The summed E-state index contributed by atoms with van der Waals surface area (Å²) in [5.41, 5.74) is 2.60. The number of nitrogens with two attached hydrogens (primary N) is 1. The number of carbonyl (C=O) groups excluding carboxylic acids is 1. The van der Waals surface area contributed by atoms with Crippen molar-refractivity contribution in [1.82, 2.24) is 5.32 Å². The average molecular weight is 324 g/mol. The van der Waals surface area contributed by atoms with Crippen molar-refractivity contribution >= 4 is 27.3 Å². The molecular formula is C14H16N2O3S2. The Morgan fingerprint density at radius 3 is 2.43 bits per heavy atom. The fraction of sp³-hybridized carbons (Fsp3) is 0.214. The zero-order chi connectivity index (χ0) is 15.5. The molecule has 1 aromatic carbocycles. The van der Waals surface area contributed by atoms with Crippen LogP contribution < -0.4 is 10.5 Å². The third-order valence-corrected chi connectivity index (χ3v) is 4.84. The molecule has 0 atom stereocenters. The highest BCUT2D eigenvalue weighted by molar-refractivity contribution is 7.89. The molecule has 2 aromatic rings. The molecule has 0 saturated heterocycles. The molecule has 21 heavy (non-hydrogen) atoms. The highest BCUT2D eigenvalue weighted by Crippen LogP contribution is 2.13. The lowest BCUT2D eigenvalue weighted by molar-refractivity contribution is 0.0954. The van der Waals surface area contributed by atoms with Gasteiger partial charge in [-0.1, -0.05) is 12.1 Å². The number of hydrogen-bond donors (Lipinski definition) is 2. The molecule has 7 heteroatoms. The van der Waals surface area contributed by atoms with Crippen molar-refractivity contribution < 1.29 is 13.2 Å². The molecule has 0 fully saturated rings. The number of hydrogen-bond acceptors (Lipinski definition) is 4. The topological polar surface area (TPSA) is 89.3 Å². The first kappa shape index (κ1) is 15.7. The van der Waals surface area contributed by atoms with Crippen molar-refractivity contribution in [2.24, 2.45) is 5.14 Å². The number of nitrogens with one attached hydrogen (secondary N) is 1. The molecule has 0 aliphatic carbocycles. The number of sulfonamides is 1. The molecule has 2 rings (SSSR count). The number of carbonyl (C=O) groups is 1. The number of thiophene rings is 1. The molecule has 0 saturated carbocycles. The van der Waals surface area contributed by atoms with Crippen molar-refractivity contribution in [2.75, 3.05) is 6.54 Å². The van der Waals surface area contributed by atoms with Crippen LogP contribution >= 0.6 is 11.3 Å². The van der Waals surface area contributed by atoms with Crippen LogP contribution in [0.4, 0.5) is 0 Å². The van der Waals surface area contributed by atoms with Gasteiger partial charge in [-0.05, 0) is 42.0 Å². The van der Waals surface area contributed by atoms with Gasteiger partial charge in [0.1, 0.15) is 0 Å². The molecule has 0 spiro atoms. The fourth-order valence-corrected chi connectivity index (χ4v) is 3.20. The molecule has 3 N–H and O–H groups in total. The van der Waals surface area contributed by atoms with Gasteiger partial charge < -0.3 is 5.32 Å². The van der Waals surface area contributed by atoms with Gasteiger partial charge in [-0.2, -0.15) is 11.3 Å². The minimum absolute atomic E-state index is 0.0872. The second-order valence-electron chi connectivity index (χ2n) is 4.66. The van der Waals surface area contributed by atoms with E-state index in [0.29, 0.717) is 18.5 Å². The molecule has 1 heterocycles. The first-order valence-corrected chi connectivity index (χ1v) is 8.79. The summed E-state index contributed by atoms with van der Waals surface area (Å²) < 4.78 is 22.3. The number of primary sulfonamides is 1. The maximum absolute atomic E-state index is 11.9. The number of aryl methyl sites for hydroxylation is 1. The Bertz CT molecular complexity index is 734. The maximum Gasteiger partial charge on any atom is 0.252 e. The summed E-state index contributed by atoms with van der Waals surface area (Å²) in [6.07, 6.45) is 0.625. The molecule has 0 aliphatic rings. The van der Waals surface area contributed by atoms with Crippen LogP contribution in [0, 0.1) is 6.92 Å². The van der Waals surface area contributed by atoms with E-state index in [1.165, 1.54) is 23.5 Å². The van der Waals surface area contributed by atoms with E-state index in [9.17, 15) is 13.2 Å². The van der Waals surface area contributed by atoms with Crippen molar-refractivity contribution in [3.63, 3.8) is 0 Å². The predicted molar refractivity (Wildman–Crippen MR) is 82.9 cm³/mol. The van der Waals surface area contributed by atoms with Crippen molar-refractivity contribution in [3.05, 3.63) is 51.7 Å². The summed E-state index contributed by atoms with van der Waals surface area (Å²) in [5.74, 6) is -0.0880. The molecule has 5 nitrogen and oxygen atoms in total. The lowest BCUT2D eigenvalue weighted by Crippen LogP contribution is -2.25. The van der Waals surface area contributed by atoms with Gasteiger partial charge in [0.2, 0.25) is 10.0 Å². The van der Waals surface area contributed by atoms with Gasteiger partial charge >= 0.3 is 0 Å². The summed E-state index contributed by atoms with van der Waals surface area (Å²) in [5, 5.41) is 11.6. The van der Waals surface area contributed by atoms with Gasteiger partial charge in [0.05, 0.1) is 10.5 Å². The zero-order valence-corrected chi connectivity index (χ0v) is 13.1. The maximum atomic E-state index is 11.9. The lowest BCUT2D eigenvalue weighted by Gasteiger charge is -2.06. The second kappa shape index (κ2) is 6.38. The van der Waals surface area contributed by atoms with Crippen LogP contribution in [0.2, 0.25) is 0 Å². The SMILES string of the molecule is Cc1cscc1C(=O)NCCc1ccc(S(N)(=O)=O)cc1. The van der Waals surface area contributed by atoms with Crippen LogP contribution in [0.1, 0.15) is 21.5 Å². The smallest absolute Gasteiger partial charge is 0.252 e. The van der Waals surface area contributed by atoms with E-state index < -0.39 is 10.0 Å². The van der Waals surface area contributed by atoms with Gasteiger partial charge in [-0.25, -0.2) is 13.6 Å². The Morgan fingerprint density at radius 2 is 1.90 bits per heavy atom. The largest absolute Gasteiger partial charge is 0.352 e. The van der Waals surface area contributed by atoms with Gasteiger partial charge in [-0.15, -0.1) is 0 Å². The van der Waals surface area contributed by atoms with E-state index in [0.717, 1.165) is 11.1 Å². The molecule has 0 bridgehead atoms. The molecule has 0 unspecified atom stereocenters. The molecule has 1 amide bonds. The van der Waals surface area contributed by atoms with Gasteiger partial charge in [0.25, 0.3) is 5.91 Å².